The normalized spacial score (nSPS) is 10.9. The van der Waals surface area contributed by atoms with Crippen LogP contribution in [0.1, 0.15) is 5.56 Å². The number of H-pyrrole nitrogens is 1. The molecule has 1 heterocycles. The number of fused-ring (bicyclic) bond motifs is 1. The molecule has 4 aromatic rings. The molecule has 32 heavy (non-hydrogen) atoms. The van der Waals surface area contributed by atoms with Gasteiger partial charge in [0.2, 0.25) is 0 Å². The van der Waals surface area contributed by atoms with Gasteiger partial charge in [0.15, 0.2) is 5.82 Å². The summed E-state index contributed by atoms with van der Waals surface area (Å²) < 4.78 is 35.4. The minimum Gasteiger partial charge on any atom is -0.489 e. The van der Waals surface area contributed by atoms with Crippen molar-refractivity contribution in [3.63, 3.8) is 0 Å². The van der Waals surface area contributed by atoms with Gasteiger partial charge in [0, 0.05) is 21.7 Å². The molecule has 7 nitrogen and oxygen atoms in total. The van der Waals surface area contributed by atoms with Crippen LogP contribution in [0.2, 0.25) is 5.02 Å². The third kappa shape index (κ3) is 5.25. The first-order valence-electron chi connectivity index (χ1n) is 9.45. The first kappa shape index (κ1) is 21.4. The topological polar surface area (TPSA) is 88.3 Å². The number of aromatic amines is 1. The Kier molecular flexibility index (Phi) is 6.37. The zero-order chi connectivity index (χ0) is 22.5. The SMILES string of the molecule is O=C(Nc1cccc(Cl)c1)Nc1n[nH]c2ccc(OCc3ccccc3OC(F)F)cc12. The first-order valence-corrected chi connectivity index (χ1v) is 9.83. The lowest BCUT2D eigenvalue weighted by molar-refractivity contribution is -0.0508. The first-order chi connectivity index (χ1) is 15.5. The van der Waals surface area contributed by atoms with Crippen LogP contribution < -0.4 is 20.1 Å². The highest BCUT2D eigenvalue weighted by Gasteiger charge is 2.13. The summed E-state index contributed by atoms with van der Waals surface area (Å²) in [5.74, 6) is 0.808. The Morgan fingerprint density at radius 3 is 2.72 bits per heavy atom. The van der Waals surface area contributed by atoms with Gasteiger partial charge in [0.25, 0.3) is 0 Å². The van der Waals surface area contributed by atoms with Crippen molar-refractivity contribution in [3.05, 3.63) is 77.3 Å². The van der Waals surface area contributed by atoms with Crippen LogP contribution in [0.4, 0.5) is 25.1 Å². The molecular formula is C22H17ClF2N4O3. The Morgan fingerprint density at radius 2 is 1.91 bits per heavy atom. The smallest absolute Gasteiger partial charge is 0.387 e. The van der Waals surface area contributed by atoms with Gasteiger partial charge in [-0.2, -0.15) is 13.9 Å². The van der Waals surface area contributed by atoms with Crippen molar-refractivity contribution in [1.82, 2.24) is 10.2 Å². The third-order valence-corrected chi connectivity index (χ3v) is 4.67. The summed E-state index contributed by atoms with van der Waals surface area (Å²) in [6.07, 6.45) is 0. The Balaban J connectivity index is 1.46. The molecule has 0 bridgehead atoms. The molecule has 0 radical (unpaired) electrons. The number of hydrogen-bond donors (Lipinski definition) is 3. The molecule has 4 rings (SSSR count). The van der Waals surface area contributed by atoms with Gasteiger partial charge in [-0.3, -0.25) is 10.4 Å². The van der Waals surface area contributed by atoms with E-state index in [0.29, 0.717) is 38.7 Å². The van der Waals surface area contributed by atoms with Crippen molar-refractivity contribution in [2.75, 3.05) is 10.6 Å². The van der Waals surface area contributed by atoms with E-state index in [0.717, 1.165) is 0 Å². The predicted octanol–water partition coefficient (Wildman–Crippen LogP) is 6.04. The predicted molar refractivity (Wildman–Crippen MR) is 118 cm³/mol. The molecule has 0 aliphatic heterocycles. The number of nitrogens with zero attached hydrogens (tertiary/aromatic N) is 1. The fourth-order valence-corrected chi connectivity index (χ4v) is 3.20. The van der Waals surface area contributed by atoms with E-state index in [9.17, 15) is 13.6 Å². The van der Waals surface area contributed by atoms with Crippen LogP contribution >= 0.6 is 11.6 Å². The quantitative estimate of drug-likeness (QED) is 0.315. The number of hydrogen-bond acceptors (Lipinski definition) is 4. The number of ether oxygens (including phenoxy) is 2. The maximum Gasteiger partial charge on any atom is 0.387 e. The highest BCUT2D eigenvalue weighted by atomic mass is 35.5. The molecule has 0 spiro atoms. The van der Waals surface area contributed by atoms with Crippen LogP contribution in [-0.2, 0) is 6.61 Å². The van der Waals surface area contributed by atoms with Crippen LogP contribution in [0, 0.1) is 0 Å². The molecule has 0 aliphatic carbocycles. The highest BCUT2D eigenvalue weighted by Crippen LogP contribution is 2.27. The van der Waals surface area contributed by atoms with Crippen molar-refractivity contribution in [2.45, 2.75) is 13.2 Å². The van der Waals surface area contributed by atoms with E-state index < -0.39 is 12.6 Å². The number of alkyl halides is 2. The molecule has 164 valence electrons. The van der Waals surface area contributed by atoms with Gasteiger partial charge >= 0.3 is 12.6 Å². The summed E-state index contributed by atoms with van der Waals surface area (Å²) in [6.45, 7) is -2.91. The second-order valence-corrected chi connectivity index (χ2v) is 7.08. The minimum atomic E-state index is -2.93. The number of aromatic nitrogens is 2. The van der Waals surface area contributed by atoms with E-state index in [4.69, 9.17) is 16.3 Å². The van der Waals surface area contributed by atoms with Crippen LogP contribution in [0.15, 0.2) is 66.7 Å². The lowest BCUT2D eigenvalue weighted by Crippen LogP contribution is -2.19. The molecule has 0 atom stereocenters. The van der Waals surface area contributed by atoms with E-state index >= 15 is 0 Å². The molecule has 2 amide bonds. The van der Waals surface area contributed by atoms with E-state index in [-0.39, 0.29) is 12.4 Å². The van der Waals surface area contributed by atoms with Gasteiger partial charge in [-0.25, -0.2) is 4.79 Å². The number of amides is 2. The second-order valence-electron chi connectivity index (χ2n) is 6.64. The van der Waals surface area contributed by atoms with Gasteiger partial charge < -0.3 is 14.8 Å². The van der Waals surface area contributed by atoms with E-state index in [1.807, 2.05) is 0 Å². The Hall–Kier alpha value is -3.85. The maximum atomic E-state index is 12.6. The summed E-state index contributed by atoms with van der Waals surface area (Å²) in [4.78, 5) is 12.3. The fourth-order valence-electron chi connectivity index (χ4n) is 3.01. The number of nitrogens with one attached hydrogen (secondary N) is 3. The van der Waals surface area contributed by atoms with Crippen molar-refractivity contribution >= 4 is 40.0 Å². The Morgan fingerprint density at radius 1 is 1.06 bits per heavy atom. The monoisotopic (exact) mass is 458 g/mol. The number of halogens is 3. The van der Waals surface area contributed by atoms with Crippen molar-refractivity contribution in [2.24, 2.45) is 0 Å². The molecular weight excluding hydrogens is 442 g/mol. The number of rotatable bonds is 7. The molecule has 0 unspecified atom stereocenters. The highest BCUT2D eigenvalue weighted by molar-refractivity contribution is 6.30. The Bertz CT molecular complexity index is 1250. The fraction of sp³-hybridized carbons (Fsp3) is 0.0909. The van der Waals surface area contributed by atoms with Crippen LogP contribution in [0.3, 0.4) is 0 Å². The summed E-state index contributed by atoms with van der Waals surface area (Å²) in [5, 5.41) is 13.4. The van der Waals surface area contributed by atoms with Gasteiger partial charge in [-0.15, -0.1) is 0 Å². The molecule has 0 saturated heterocycles. The Labute approximate surface area is 186 Å². The average molecular weight is 459 g/mol. The van der Waals surface area contributed by atoms with Crippen LogP contribution in [0.5, 0.6) is 11.5 Å². The van der Waals surface area contributed by atoms with Crippen molar-refractivity contribution < 1.29 is 23.0 Å². The van der Waals surface area contributed by atoms with Gasteiger partial charge in [-0.1, -0.05) is 35.9 Å². The molecule has 0 saturated carbocycles. The second kappa shape index (κ2) is 9.52. The summed E-state index contributed by atoms with van der Waals surface area (Å²) in [5.41, 5.74) is 1.68. The summed E-state index contributed by atoms with van der Waals surface area (Å²) >= 11 is 5.93. The van der Waals surface area contributed by atoms with Gasteiger partial charge in [0.05, 0.1) is 5.52 Å². The largest absolute Gasteiger partial charge is 0.489 e. The number of anilines is 2. The number of urea groups is 1. The number of benzene rings is 3. The van der Waals surface area contributed by atoms with Crippen LogP contribution in [0.25, 0.3) is 10.9 Å². The molecule has 10 heteroatoms. The lowest BCUT2D eigenvalue weighted by atomic mass is 10.2. The number of para-hydroxylation sites is 1. The zero-order valence-electron chi connectivity index (χ0n) is 16.4. The van der Waals surface area contributed by atoms with Gasteiger partial charge in [-0.05, 0) is 42.5 Å². The average Bonchev–Trinajstić information content (AvgIpc) is 3.14. The zero-order valence-corrected chi connectivity index (χ0v) is 17.2. The van der Waals surface area contributed by atoms with Crippen molar-refractivity contribution in [3.8, 4) is 11.5 Å². The molecule has 0 fully saturated rings. The van der Waals surface area contributed by atoms with E-state index in [1.165, 1.54) is 6.07 Å². The van der Waals surface area contributed by atoms with Crippen LogP contribution in [-0.4, -0.2) is 22.8 Å². The minimum absolute atomic E-state index is 0.0181. The molecule has 0 aliphatic rings. The van der Waals surface area contributed by atoms with E-state index in [1.54, 1.807) is 60.7 Å². The van der Waals surface area contributed by atoms with Crippen molar-refractivity contribution in [1.29, 1.82) is 0 Å². The standard InChI is InChI=1S/C22H17ClF2N4O3/c23-14-5-3-6-15(10-14)26-22(30)27-20-17-11-16(8-9-18(17)28-29-20)31-12-13-4-1-2-7-19(13)32-21(24)25/h1-11,21H,12H2,(H3,26,27,28,29,30). The number of carbonyl (C=O) groups is 1. The molecule has 3 N–H and O–H groups in total. The van der Waals surface area contributed by atoms with E-state index in [2.05, 4.69) is 25.6 Å². The number of carbonyl (C=O) groups excluding carboxylic acids is 1. The molecule has 3 aromatic carbocycles. The maximum absolute atomic E-state index is 12.6. The summed E-state index contributed by atoms with van der Waals surface area (Å²) in [6, 6.07) is 17.8. The molecule has 1 aromatic heterocycles. The lowest BCUT2D eigenvalue weighted by Gasteiger charge is -2.12. The summed E-state index contributed by atoms with van der Waals surface area (Å²) in [7, 11) is 0. The van der Waals surface area contributed by atoms with Gasteiger partial charge in [0.1, 0.15) is 18.1 Å². The third-order valence-electron chi connectivity index (χ3n) is 4.43.